The van der Waals surface area contributed by atoms with Gasteiger partial charge in [0, 0.05) is 25.0 Å². The normalized spacial score (nSPS) is 19.2. The molecule has 118 valence electrons. The molecule has 1 aliphatic carbocycles. The topological polar surface area (TPSA) is 30.2 Å². The highest BCUT2D eigenvalue weighted by Gasteiger charge is 2.56. The van der Waals surface area contributed by atoms with Crippen molar-refractivity contribution in [2.45, 2.75) is 32.6 Å². The van der Waals surface area contributed by atoms with Crippen LogP contribution in [0.25, 0.3) is 16.8 Å². The van der Waals surface area contributed by atoms with E-state index in [1.54, 1.807) is 4.40 Å². The van der Waals surface area contributed by atoms with E-state index >= 15 is 0 Å². The van der Waals surface area contributed by atoms with Crippen molar-refractivity contribution in [2.24, 2.45) is 5.92 Å². The van der Waals surface area contributed by atoms with Gasteiger partial charge in [0.05, 0.1) is 0 Å². The number of fused-ring (bicyclic) bond motifs is 1. The van der Waals surface area contributed by atoms with Gasteiger partial charge in [0.15, 0.2) is 5.65 Å². The number of halogens is 2. The number of benzene rings is 1. The quantitative estimate of drug-likeness (QED) is 0.725. The van der Waals surface area contributed by atoms with E-state index < -0.39 is 11.8 Å². The van der Waals surface area contributed by atoms with E-state index in [-0.39, 0.29) is 12.8 Å². The van der Waals surface area contributed by atoms with Gasteiger partial charge in [0.25, 0.3) is 5.92 Å². The summed E-state index contributed by atoms with van der Waals surface area (Å²) in [5.41, 5.74) is 5.36. The van der Waals surface area contributed by atoms with Crippen molar-refractivity contribution < 1.29 is 8.78 Å². The highest BCUT2D eigenvalue weighted by Crippen LogP contribution is 2.50. The molecule has 0 saturated heterocycles. The number of pyridine rings is 1. The molecular weight excluding hydrogens is 296 g/mol. The summed E-state index contributed by atoms with van der Waals surface area (Å²) in [5.74, 6) is -2.51. The zero-order chi connectivity index (χ0) is 16.2. The van der Waals surface area contributed by atoms with Gasteiger partial charge in [-0.25, -0.2) is 8.78 Å². The van der Waals surface area contributed by atoms with Crippen LogP contribution in [0.5, 0.6) is 0 Å². The van der Waals surface area contributed by atoms with Crippen molar-refractivity contribution in [3.05, 3.63) is 53.5 Å². The Morgan fingerprint density at radius 3 is 2.52 bits per heavy atom. The molecule has 0 amide bonds. The molecule has 5 heteroatoms. The Balaban J connectivity index is 1.68. The molecule has 1 atom stereocenters. The summed E-state index contributed by atoms with van der Waals surface area (Å²) >= 11 is 0. The summed E-state index contributed by atoms with van der Waals surface area (Å²) in [6, 6.07) is 10.2. The van der Waals surface area contributed by atoms with Crippen LogP contribution in [-0.4, -0.2) is 20.5 Å². The molecule has 23 heavy (non-hydrogen) atoms. The van der Waals surface area contributed by atoms with Gasteiger partial charge in [0.1, 0.15) is 5.82 Å². The maximum absolute atomic E-state index is 13.1. The molecule has 1 fully saturated rings. The van der Waals surface area contributed by atoms with Crippen molar-refractivity contribution in [3.63, 3.8) is 0 Å². The Morgan fingerprint density at radius 1 is 1.09 bits per heavy atom. The SMILES string of the molecule is Cc1ccc(-c2ccn3c(CC4CC4(F)F)nnc3c2)cc1C. The molecule has 1 aromatic carbocycles. The third kappa shape index (κ3) is 2.50. The van der Waals surface area contributed by atoms with Crippen molar-refractivity contribution in [3.8, 4) is 11.1 Å². The van der Waals surface area contributed by atoms with Crippen LogP contribution in [0.1, 0.15) is 23.4 Å². The Morgan fingerprint density at radius 2 is 1.83 bits per heavy atom. The molecule has 0 radical (unpaired) electrons. The number of hydrogen-bond acceptors (Lipinski definition) is 2. The number of nitrogens with zero attached hydrogens (tertiary/aromatic N) is 3. The van der Waals surface area contributed by atoms with E-state index in [0.29, 0.717) is 11.5 Å². The minimum absolute atomic E-state index is 0.0390. The van der Waals surface area contributed by atoms with E-state index in [1.807, 2.05) is 18.3 Å². The second kappa shape index (κ2) is 4.85. The van der Waals surface area contributed by atoms with E-state index in [0.717, 1.165) is 11.1 Å². The fraction of sp³-hybridized carbons (Fsp3) is 0.333. The molecule has 0 aliphatic heterocycles. The summed E-state index contributed by atoms with van der Waals surface area (Å²) in [6.45, 7) is 4.17. The van der Waals surface area contributed by atoms with Gasteiger partial charge in [-0.05, 0) is 48.2 Å². The van der Waals surface area contributed by atoms with Gasteiger partial charge >= 0.3 is 0 Å². The lowest BCUT2D eigenvalue weighted by Crippen LogP contribution is -2.01. The smallest absolute Gasteiger partial charge is 0.252 e. The fourth-order valence-corrected chi connectivity index (χ4v) is 2.89. The number of hydrogen-bond donors (Lipinski definition) is 0. The first-order chi connectivity index (χ1) is 10.9. The van der Waals surface area contributed by atoms with Crippen LogP contribution in [0.4, 0.5) is 8.78 Å². The largest absolute Gasteiger partial charge is 0.286 e. The number of alkyl halides is 2. The Hall–Kier alpha value is -2.30. The molecule has 0 bridgehead atoms. The maximum Gasteiger partial charge on any atom is 0.252 e. The number of rotatable bonds is 3. The molecule has 2 heterocycles. The first-order valence-electron chi connectivity index (χ1n) is 7.73. The van der Waals surface area contributed by atoms with Crippen molar-refractivity contribution in [2.75, 3.05) is 0 Å². The van der Waals surface area contributed by atoms with Gasteiger partial charge in [-0.2, -0.15) is 0 Å². The van der Waals surface area contributed by atoms with Crippen LogP contribution >= 0.6 is 0 Å². The lowest BCUT2D eigenvalue weighted by atomic mass is 10.0. The summed E-state index contributed by atoms with van der Waals surface area (Å²) in [6.07, 6.45) is 2.11. The summed E-state index contributed by atoms with van der Waals surface area (Å²) in [4.78, 5) is 0. The van der Waals surface area contributed by atoms with Gasteiger partial charge in [-0.1, -0.05) is 18.2 Å². The first kappa shape index (κ1) is 14.3. The summed E-state index contributed by atoms with van der Waals surface area (Å²) in [5, 5.41) is 8.23. The Labute approximate surface area is 133 Å². The van der Waals surface area contributed by atoms with E-state index in [9.17, 15) is 8.78 Å². The standard InChI is InChI=1S/C18H17F2N3/c1-11-3-4-13(7-12(11)2)14-5-6-23-16(8-14)21-22-17(23)9-15-10-18(15,19)20/h3-8,15H,9-10H2,1-2H3. The Kier molecular flexibility index (Phi) is 3.01. The first-order valence-corrected chi connectivity index (χ1v) is 7.73. The fourth-order valence-electron chi connectivity index (χ4n) is 2.89. The highest BCUT2D eigenvalue weighted by molar-refractivity contribution is 5.68. The molecule has 4 rings (SSSR count). The maximum atomic E-state index is 13.1. The Bertz CT molecular complexity index is 898. The average molecular weight is 313 g/mol. The third-order valence-electron chi connectivity index (χ3n) is 4.71. The van der Waals surface area contributed by atoms with Gasteiger partial charge in [-0.15, -0.1) is 10.2 Å². The van der Waals surface area contributed by atoms with Crippen LogP contribution < -0.4 is 0 Å². The predicted octanol–water partition coefficient (Wildman–Crippen LogP) is 4.21. The molecule has 0 N–H and O–H groups in total. The molecule has 1 unspecified atom stereocenters. The molecule has 1 saturated carbocycles. The molecule has 3 nitrogen and oxygen atoms in total. The van der Waals surface area contributed by atoms with E-state index in [2.05, 4.69) is 42.2 Å². The molecule has 2 aromatic heterocycles. The molecule has 3 aromatic rings. The monoisotopic (exact) mass is 313 g/mol. The number of aryl methyl sites for hydroxylation is 2. The second-order valence-corrected chi connectivity index (χ2v) is 6.43. The molecule has 1 aliphatic rings. The third-order valence-corrected chi connectivity index (χ3v) is 4.71. The van der Waals surface area contributed by atoms with Crippen LogP contribution in [0.15, 0.2) is 36.5 Å². The van der Waals surface area contributed by atoms with Crippen molar-refractivity contribution >= 4 is 5.65 Å². The van der Waals surface area contributed by atoms with Gasteiger partial charge < -0.3 is 0 Å². The van der Waals surface area contributed by atoms with Gasteiger partial charge in [-0.3, -0.25) is 4.40 Å². The molecule has 0 spiro atoms. The second-order valence-electron chi connectivity index (χ2n) is 6.43. The minimum Gasteiger partial charge on any atom is -0.286 e. The van der Waals surface area contributed by atoms with Crippen molar-refractivity contribution in [1.82, 2.24) is 14.6 Å². The van der Waals surface area contributed by atoms with E-state index in [4.69, 9.17) is 0 Å². The van der Waals surface area contributed by atoms with Crippen molar-refractivity contribution in [1.29, 1.82) is 0 Å². The highest BCUT2D eigenvalue weighted by atomic mass is 19.3. The van der Waals surface area contributed by atoms with Crippen LogP contribution in [0.2, 0.25) is 0 Å². The zero-order valence-electron chi connectivity index (χ0n) is 13.1. The zero-order valence-corrected chi connectivity index (χ0v) is 13.1. The van der Waals surface area contributed by atoms with Crippen LogP contribution in [-0.2, 0) is 6.42 Å². The average Bonchev–Trinajstić information content (AvgIpc) is 2.93. The predicted molar refractivity (Wildman–Crippen MR) is 84.7 cm³/mol. The minimum atomic E-state index is -2.52. The van der Waals surface area contributed by atoms with Gasteiger partial charge in [0.2, 0.25) is 0 Å². The van der Waals surface area contributed by atoms with Crippen LogP contribution in [0.3, 0.4) is 0 Å². The lowest BCUT2D eigenvalue weighted by molar-refractivity contribution is 0.0984. The number of aromatic nitrogens is 3. The lowest BCUT2D eigenvalue weighted by Gasteiger charge is -2.06. The summed E-state index contributed by atoms with van der Waals surface area (Å²) < 4.78 is 28.0. The molecular formula is C18H17F2N3. The van der Waals surface area contributed by atoms with Crippen LogP contribution in [0, 0.1) is 19.8 Å². The van der Waals surface area contributed by atoms with E-state index in [1.165, 1.54) is 11.1 Å². The summed E-state index contributed by atoms with van der Waals surface area (Å²) in [7, 11) is 0.